The number of imidazole rings is 1. The highest BCUT2D eigenvalue weighted by Crippen LogP contribution is 2.23. The van der Waals surface area contributed by atoms with Crippen molar-refractivity contribution in [3.05, 3.63) is 22.2 Å². The van der Waals surface area contributed by atoms with Crippen LogP contribution in [-0.4, -0.2) is 14.5 Å². The van der Waals surface area contributed by atoms with Crippen LogP contribution in [0, 0.1) is 5.41 Å². The Morgan fingerprint density at radius 1 is 1.16 bits per heavy atom. The number of unbranched alkanes of at least 4 members (excludes halogenated alkanes) is 4. The minimum absolute atomic E-state index is 0.0787. The van der Waals surface area contributed by atoms with E-state index in [0.717, 1.165) is 43.4 Å². The van der Waals surface area contributed by atoms with Gasteiger partial charge < -0.3 is 10.7 Å². The molecule has 0 atom stereocenters. The third-order valence-corrected chi connectivity index (χ3v) is 4.69. The fourth-order valence-electron chi connectivity index (χ4n) is 3.24. The van der Waals surface area contributed by atoms with E-state index in [4.69, 9.17) is 5.73 Å². The molecule has 0 aromatic carbocycles. The molecule has 2 aromatic heterocycles. The SMILES string of the molecule is CCCCCc1cc2c([nH]c(=O)n2CCCCCC(C)(C)C)c(N)n1. The van der Waals surface area contributed by atoms with Gasteiger partial charge in [0, 0.05) is 12.2 Å². The zero-order valence-electron chi connectivity index (χ0n) is 16.3. The van der Waals surface area contributed by atoms with Crippen molar-refractivity contribution in [2.45, 2.75) is 85.6 Å². The number of aryl methyl sites for hydroxylation is 2. The van der Waals surface area contributed by atoms with Crippen LogP contribution in [0.25, 0.3) is 11.0 Å². The number of hydrogen-bond donors (Lipinski definition) is 2. The largest absolute Gasteiger partial charge is 0.382 e. The molecule has 25 heavy (non-hydrogen) atoms. The van der Waals surface area contributed by atoms with Crippen LogP contribution in [0.15, 0.2) is 10.9 Å². The first-order chi connectivity index (χ1) is 11.8. The van der Waals surface area contributed by atoms with Gasteiger partial charge in [0.05, 0.1) is 5.52 Å². The predicted octanol–water partition coefficient (Wildman–Crippen LogP) is 4.65. The summed E-state index contributed by atoms with van der Waals surface area (Å²) >= 11 is 0. The lowest BCUT2D eigenvalue weighted by molar-refractivity contribution is 0.355. The van der Waals surface area contributed by atoms with Crippen molar-refractivity contribution in [2.75, 3.05) is 5.73 Å². The van der Waals surface area contributed by atoms with Gasteiger partial charge in [-0.05, 0) is 37.2 Å². The van der Waals surface area contributed by atoms with Crippen LogP contribution < -0.4 is 11.4 Å². The minimum atomic E-state index is -0.0787. The molecule has 0 aliphatic carbocycles. The summed E-state index contributed by atoms with van der Waals surface area (Å²) in [5.41, 5.74) is 8.94. The number of aromatic amines is 1. The maximum absolute atomic E-state index is 12.3. The van der Waals surface area contributed by atoms with Crippen molar-refractivity contribution < 1.29 is 0 Å². The fraction of sp³-hybridized carbons (Fsp3) is 0.700. The van der Waals surface area contributed by atoms with Crippen LogP contribution in [0.1, 0.15) is 78.3 Å². The third kappa shape index (κ3) is 5.62. The van der Waals surface area contributed by atoms with Crippen molar-refractivity contribution >= 4 is 16.9 Å². The molecule has 0 saturated carbocycles. The molecule has 140 valence electrons. The van der Waals surface area contributed by atoms with Crippen LogP contribution in [-0.2, 0) is 13.0 Å². The van der Waals surface area contributed by atoms with E-state index in [2.05, 4.69) is 37.7 Å². The lowest BCUT2D eigenvalue weighted by atomic mass is 9.89. The molecule has 2 heterocycles. The average Bonchev–Trinajstić information content (AvgIpc) is 2.83. The summed E-state index contributed by atoms with van der Waals surface area (Å²) in [5, 5.41) is 0. The molecular formula is C20H34N4O. The second kappa shape index (κ2) is 8.54. The molecule has 3 N–H and O–H groups in total. The Bertz CT molecular complexity index is 736. The quantitative estimate of drug-likeness (QED) is 0.649. The second-order valence-electron chi connectivity index (χ2n) is 8.30. The normalized spacial score (nSPS) is 12.2. The van der Waals surface area contributed by atoms with Gasteiger partial charge >= 0.3 is 5.69 Å². The first-order valence-corrected chi connectivity index (χ1v) is 9.70. The number of nitrogens with two attached hydrogens (primary N) is 1. The van der Waals surface area contributed by atoms with Gasteiger partial charge in [0.15, 0.2) is 0 Å². The molecule has 0 spiro atoms. The van der Waals surface area contributed by atoms with Crippen LogP contribution in [0.5, 0.6) is 0 Å². The highest BCUT2D eigenvalue weighted by molar-refractivity contribution is 5.85. The van der Waals surface area contributed by atoms with Crippen LogP contribution in [0.2, 0.25) is 0 Å². The van der Waals surface area contributed by atoms with Gasteiger partial charge in [-0.25, -0.2) is 9.78 Å². The molecule has 0 amide bonds. The summed E-state index contributed by atoms with van der Waals surface area (Å²) < 4.78 is 1.83. The summed E-state index contributed by atoms with van der Waals surface area (Å²) in [5.74, 6) is 0.438. The highest BCUT2D eigenvalue weighted by atomic mass is 16.1. The number of nitrogen functional groups attached to an aromatic ring is 1. The number of hydrogen-bond acceptors (Lipinski definition) is 3. The van der Waals surface area contributed by atoms with E-state index in [-0.39, 0.29) is 5.69 Å². The Labute approximate surface area is 151 Å². The van der Waals surface area contributed by atoms with E-state index >= 15 is 0 Å². The molecule has 5 nitrogen and oxygen atoms in total. The monoisotopic (exact) mass is 346 g/mol. The standard InChI is InChI=1S/C20H34N4O/c1-5-6-8-11-15-14-16-17(18(21)22-15)23-19(25)24(16)13-10-7-9-12-20(2,3)4/h14H,5-13H2,1-4H3,(H2,21,22)(H,23,25). The van der Waals surface area contributed by atoms with Gasteiger partial charge in [-0.2, -0.15) is 0 Å². The van der Waals surface area contributed by atoms with Gasteiger partial charge in [0.1, 0.15) is 11.3 Å². The number of anilines is 1. The number of nitrogens with zero attached hydrogens (tertiary/aromatic N) is 2. The average molecular weight is 347 g/mol. The van der Waals surface area contributed by atoms with Gasteiger partial charge in [0.25, 0.3) is 0 Å². The van der Waals surface area contributed by atoms with Crippen molar-refractivity contribution in [3.63, 3.8) is 0 Å². The first-order valence-electron chi connectivity index (χ1n) is 9.70. The maximum Gasteiger partial charge on any atom is 0.326 e. The van der Waals surface area contributed by atoms with Crippen molar-refractivity contribution in [2.24, 2.45) is 5.41 Å². The van der Waals surface area contributed by atoms with E-state index in [1.807, 2.05) is 10.6 Å². The summed E-state index contributed by atoms with van der Waals surface area (Å²) in [7, 11) is 0. The molecule has 2 rings (SSSR count). The Morgan fingerprint density at radius 3 is 2.60 bits per heavy atom. The Balaban J connectivity index is 2.08. The summed E-state index contributed by atoms with van der Waals surface area (Å²) in [6.07, 6.45) is 8.96. The van der Waals surface area contributed by atoms with Gasteiger partial charge in [-0.1, -0.05) is 53.4 Å². The molecule has 2 aromatic rings. The number of H-pyrrole nitrogens is 1. The van der Waals surface area contributed by atoms with E-state index in [1.165, 1.54) is 25.7 Å². The molecule has 0 bridgehead atoms. The molecule has 0 fully saturated rings. The molecule has 0 aliphatic rings. The van der Waals surface area contributed by atoms with Gasteiger partial charge in [-0.15, -0.1) is 0 Å². The Hall–Kier alpha value is -1.78. The third-order valence-electron chi connectivity index (χ3n) is 4.69. The predicted molar refractivity (Wildman–Crippen MR) is 106 cm³/mol. The summed E-state index contributed by atoms with van der Waals surface area (Å²) in [4.78, 5) is 19.6. The van der Waals surface area contributed by atoms with E-state index in [0.29, 0.717) is 16.7 Å². The van der Waals surface area contributed by atoms with Crippen molar-refractivity contribution in [3.8, 4) is 0 Å². The lowest BCUT2D eigenvalue weighted by Crippen LogP contribution is -2.16. The number of fused-ring (bicyclic) bond motifs is 1. The molecule has 0 aliphatic heterocycles. The van der Waals surface area contributed by atoms with Crippen molar-refractivity contribution in [1.29, 1.82) is 0 Å². The zero-order valence-corrected chi connectivity index (χ0v) is 16.3. The topological polar surface area (TPSA) is 76.7 Å². The summed E-state index contributed by atoms with van der Waals surface area (Å²) in [6, 6.07) is 2.04. The minimum Gasteiger partial charge on any atom is -0.382 e. The molecule has 5 heteroatoms. The van der Waals surface area contributed by atoms with Crippen LogP contribution >= 0.6 is 0 Å². The molecule has 0 radical (unpaired) electrons. The van der Waals surface area contributed by atoms with Crippen LogP contribution in [0.3, 0.4) is 0 Å². The number of aromatic nitrogens is 3. The van der Waals surface area contributed by atoms with Crippen LogP contribution in [0.4, 0.5) is 5.82 Å². The van der Waals surface area contributed by atoms with E-state index < -0.39 is 0 Å². The fourth-order valence-corrected chi connectivity index (χ4v) is 3.24. The zero-order chi connectivity index (χ0) is 18.4. The van der Waals surface area contributed by atoms with E-state index in [9.17, 15) is 4.79 Å². The molecule has 0 unspecified atom stereocenters. The Morgan fingerprint density at radius 2 is 1.92 bits per heavy atom. The lowest BCUT2D eigenvalue weighted by Gasteiger charge is -2.17. The smallest absolute Gasteiger partial charge is 0.326 e. The summed E-state index contributed by atoms with van der Waals surface area (Å²) in [6.45, 7) is 9.74. The highest BCUT2D eigenvalue weighted by Gasteiger charge is 2.13. The molecule has 0 saturated heterocycles. The Kier molecular flexibility index (Phi) is 6.68. The number of pyridine rings is 1. The van der Waals surface area contributed by atoms with E-state index in [1.54, 1.807) is 0 Å². The first kappa shape index (κ1) is 19.5. The second-order valence-corrected chi connectivity index (χ2v) is 8.30. The van der Waals surface area contributed by atoms with Gasteiger partial charge in [-0.3, -0.25) is 4.57 Å². The number of rotatable bonds is 9. The maximum atomic E-state index is 12.3. The molecular weight excluding hydrogens is 312 g/mol. The van der Waals surface area contributed by atoms with Gasteiger partial charge in [0.2, 0.25) is 0 Å². The van der Waals surface area contributed by atoms with Crippen molar-refractivity contribution in [1.82, 2.24) is 14.5 Å². The number of nitrogens with one attached hydrogen (secondary N) is 1.